The number of Topliss-reactive ketones (excluding diaryl/α,β-unsaturated/α-hetero) is 1. The van der Waals surface area contributed by atoms with Crippen LogP contribution in [0.5, 0.6) is 0 Å². The summed E-state index contributed by atoms with van der Waals surface area (Å²) < 4.78 is 43.1. The van der Waals surface area contributed by atoms with Crippen molar-refractivity contribution in [3.63, 3.8) is 0 Å². The van der Waals surface area contributed by atoms with Gasteiger partial charge in [0.05, 0.1) is 12.9 Å². The van der Waals surface area contributed by atoms with Crippen LogP contribution in [-0.2, 0) is 23.2 Å². The number of nitrogens with one attached hydrogen (secondary N) is 1. The Morgan fingerprint density at radius 3 is 2.56 bits per heavy atom. The van der Waals surface area contributed by atoms with Crippen LogP contribution >= 0.6 is 11.3 Å². The van der Waals surface area contributed by atoms with Gasteiger partial charge in [0.1, 0.15) is 28.7 Å². The lowest BCUT2D eigenvalue weighted by molar-refractivity contribution is -0.146. The van der Waals surface area contributed by atoms with Gasteiger partial charge in [-0.05, 0) is 26.7 Å². The van der Waals surface area contributed by atoms with Gasteiger partial charge in [-0.1, -0.05) is 0 Å². The van der Waals surface area contributed by atoms with Crippen molar-refractivity contribution in [2.24, 2.45) is 7.05 Å². The summed E-state index contributed by atoms with van der Waals surface area (Å²) >= 11 is 1.17. The third-order valence-corrected chi connectivity index (χ3v) is 7.65. The van der Waals surface area contributed by atoms with Gasteiger partial charge in [0.2, 0.25) is 11.9 Å². The van der Waals surface area contributed by atoms with Crippen molar-refractivity contribution in [1.29, 1.82) is 0 Å². The summed E-state index contributed by atoms with van der Waals surface area (Å²) in [5.41, 5.74) is -0.937. The molecule has 0 spiro atoms. The SMILES string of the molecule is CC(=O)Cn1c(=O)c2c(ncn2C(C)C(=O)Nc2csc(-c3cnc(N4CCCC4C(F)(F)F)nc3)n2)n(C)c1=O. The first-order chi connectivity index (χ1) is 19.4. The number of carbonyl (C=O) groups excluding carboxylic acids is 2. The van der Waals surface area contributed by atoms with Crippen molar-refractivity contribution in [1.82, 2.24) is 33.6 Å². The minimum atomic E-state index is -4.37. The number of halogens is 3. The summed E-state index contributed by atoms with van der Waals surface area (Å²) in [5, 5.41) is 4.67. The molecule has 17 heteroatoms. The molecule has 1 saturated heterocycles. The van der Waals surface area contributed by atoms with Crippen molar-refractivity contribution in [2.75, 3.05) is 16.8 Å². The predicted octanol–water partition coefficient (Wildman–Crippen LogP) is 2.13. The highest BCUT2D eigenvalue weighted by Crippen LogP contribution is 2.35. The second-order valence-corrected chi connectivity index (χ2v) is 10.5. The van der Waals surface area contributed by atoms with Gasteiger partial charge in [-0.2, -0.15) is 13.2 Å². The fraction of sp³-hybridized carbons (Fsp3) is 0.417. The smallest absolute Gasteiger partial charge is 0.329 e. The van der Waals surface area contributed by atoms with Crippen LogP contribution in [0.3, 0.4) is 0 Å². The first-order valence-electron chi connectivity index (χ1n) is 12.4. The fourth-order valence-corrected chi connectivity index (χ4v) is 5.42. The molecule has 4 aromatic rings. The number of hydrogen-bond acceptors (Lipinski definition) is 10. The molecule has 2 unspecified atom stereocenters. The summed E-state index contributed by atoms with van der Waals surface area (Å²) in [6, 6.07) is -2.57. The van der Waals surface area contributed by atoms with Gasteiger partial charge in [0.25, 0.3) is 5.56 Å². The van der Waals surface area contributed by atoms with E-state index in [0.717, 1.165) is 14.0 Å². The van der Waals surface area contributed by atoms with Crippen LogP contribution in [0.2, 0.25) is 0 Å². The molecule has 1 fully saturated rings. The van der Waals surface area contributed by atoms with Crippen LogP contribution in [0.25, 0.3) is 21.7 Å². The molecule has 2 atom stereocenters. The molecule has 5 heterocycles. The fourth-order valence-electron chi connectivity index (χ4n) is 4.69. The Morgan fingerprint density at radius 2 is 1.90 bits per heavy atom. The number of amides is 1. The van der Waals surface area contributed by atoms with E-state index in [-0.39, 0.29) is 41.7 Å². The zero-order valence-corrected chi connectivity index (χ0v) is 22.9. The Bertz CT molecular complexity index is 1760. The number of aryl methyl sites for hydroxylation is 1. The van der Waals surface area contributed by atoms with E-state index in [2.05, 4.69) is 25.3 Å². The highest BCUT2D eigenvalue weighted by molar-refractivity contribution is 7.13. The Labute approximate surface area is 233 Å². The molecule has 5 rings (SSSR count). The molecular formula is C24H24F3N9O4S. The molecule has 0 aliphatic carbocycles. The van der Waals surface area contributed by atoms with Crippen LogP contribution in [0.15, 0.2) is 33.7 Å². The number of carbonyl (C=O) groups is 2. The van der Waals surface area contributed by atoms with Crippen LogP contribution in [-0.4, -0.2) is 64.1 Å². The van der Waals surface area contributed by atoms with Crippen molar-refractivity contribution in [2.45, 2.75) is 51.5 Å². The molecule has 1 aliphatic heterocycles. The van der Waals surface area contributed by atoms with Gasteiger partial charge in [0.15, 0.2) is 11.2 Å². The molecule has 0 aromatic carbocycles. The predicted molar refractivity (Wildman–Crippen MR) is 143 cm³/mol. The molecule has 1 aliphatic rings. The van der Waals surface area contributed by atoms with E-state index in [4.69, 9.17) is 0 Å². The molecule has 1 amide bonds. The van der Waals surface area contributed by atoms with Crippen LogP contribution in [0, 0.1) is 0 Å². The zero-order chi connectivity index (χ0) is 29.6. The van der Waals surface area contributed by atoms with Crippen molar-refractivity contribution >= 4 is 46.0 Å². The third kappa shape index (κ3) is 5.23. The van der Waals surface area contributed by atoms with E-state index in [1.807, 2.05) is 0 Å². The second-order valence-electron chi connectivity index (χ2n) is 9.63. The lowest BCUT2D eigenvalue weighted by atomic mass is 10.2. The topological polar surface area (TPSA) is 150 Å². The molecular weight excluding hydrogens is 567 g/mol. The van der Waals surface area contributed by atoms with Gasteiger partial charge in [0, 0.05) is 36.9 Å². The van der Waals surface area contributed by atoms with Gasteiger partial charge < -0.3 is 14.8 Å². The van der Waals surface area contributed by atoms with Crippen LogP contribution in [0.4, 0.5) is 24.9 Å². The Balaban J connectivity index is 1.34. The second kappa shape index (κ2) is 10.5. The van der Waals surface area contributed by atoms with Crippen LogP contribution in [0.1, 0.15) is 32.7 Å². The van der Waals surface area contributed by atoms with E-state index in [0.29, 0.717) is 17.0 Å². The van der Waals surface area contributed by atoms with E-state index in [9.17, 15) is 32.3 Å². The number of nitrogens with zero attached hydrogens (tertiary/aromatic N) is 8. The summed E-state index contributed by atoms with van der Waals surface area (Å²) in [7, 11) is 1.41. The summed E-state index contributed by atoms with van der Waals surface area (Å²) in [4.78, 5) is 68.1. The van der Waals surface area contributed by atoms with E-state index < -0.39 is 42.0 Å². The number of ketones is 1. The van der Waals surface area contributed by atoms with Crippen molar-refractivity contribution in [3.05, 3.63) is 44.9 Å². The summed E-state index contributed by atoms with van der Waals surface area (Å²) in [6.07, 6.45) is 0.0464. The standard InChI is InChI=1S/C24H24F3N9O4S/c1-12(37)9-35-21(39)17-18(33(3)23(35)40)30-11-36(17)13(2)19(38)31-16-10-41-20(32-16)14-7-28-22(29-8-14)34-6-4-5-15(34)24(25,26)27/h7-8,10-11,13,15H,4-6,9H2,1-3H3,(H,31,38). The molecule has 41 heavy (non-hydrogen) atoms. The lowest BCUT2D eigenvalue weighted by Gasteiger charge is -2.26. The van der Waals surface area contributed by atoms with Crippen LogP contribution < -0.4 is 21.5 Å². The molecule has 216 valence electrons. The minimum absolute atomic E-state index is 0.00981. The Morgan fingerprint density at radius 1 is 1.20 bits per heavy atom. The maximum Gasteiger partial charge on any atom is 0.408 e. The first-order valence-corrected chi connectivity index (χ1v) is 13.3. The van der Waals surface area contributed by atoms with Crippen molar-refractivity contribution in [3.8, 4) is 10.6 Å². The number of aromatic nitrogens is 7. The maximum absolute atomic E-state index is 13.3. The van der Waals surface area contributed by atoms with Crippen molar-refractivity contribution < 1.29 is 22.8 Å². The molecule has 0 radical (unpaired) electrons. The van der Waals surface area contributed by atoms with Gasteiger partial charge in [-0.15, -0.1) is 11.3 Å². The quantitative estimate of drug-likeness (QED) is 0.341. The van der Waals surface area contributed by atoms with E-state index >= 15 is 0 Å². The van der Waals surface area contributed by atoms with E-state index in [1.165, 1.54) is 55.5 Å². The average molecular weight is 592 g/mol. The number of imidazole rings is 1. The number of hydrogen-bond donors (Lipinski definition) is 1. The van der Waals surface area contributed by atoms with Gasteiger partial charge >= 0.3 is 11.9 Å². The number of rotatable bonds is 7. The number of anilines is 2. The zero-order valence-electron chi connectivity index (χ0n) is 22.0. The Kier molecular flexibility index (Phi) is 7.23. The normalized spacial score (nSPS) is 16.3. The largest absolute Gasteiger partial charge is 0.408 e. The summed E-state index contributed by atoms with van der Waals surface area (Å²) in [6.45, 7) is 2.58. The average Bonchev–Trinajstić information content (AvgIpc) is 3.69. The highest BCUT2D eigenvalue weighted by Gasteiger charge is 2.46. The molecule has 4 aromatic heterocycles. The number of alkyl halides is 3. The minimum Gasteiger partial charge on any atom is -0.329 e. The molecule has 0 bridgehead atoms. The third-order valence-electron chi connectivity index (χ3n) is 6.76. The maximum atomic E-state index is 13.3. The monoisotopic (exact) mass is 591 g/mol. The molecule has 13 nitrogen and oxygen atoms in total. The van der Waals surface area contributed by atoms with Gasteiger partial charge in [-0.3, -0.25) is 23.5 Å². The molecule has 1 N–H and O–H groups in total. The van der Waals surface area contributed by atoms with E-state index in [1.54, 1.807) is 5.38 Å². The lowest BCUT2D eigenvalue weighted by Crippen LogP contribution is -2.42. The summed E-state index contributed by atoms with van der Waals surface area (Å²) in [5.74, 6) is -0.735. The first kappa shape index (κ1) is 28.1. The Hall–Kier alpha value is -4.41. The number of thiazole rings is 1. The highest BCUT2D eigenvalue weighted by atomic mass is 32.1. The molecule has 0 saturated carbocycles. The number of fused-ring (bicyclic) bond motifs is 1. The van der Waals surface area contributed by atoms with Gasteiger partial charge in [-0.25, -0.2) is 24.7 Å².